The van der Waals surface area contributed by atoms with Crippen molar-refractivity contribution >= 4 is 18.4 Å². The maximum atomic E-state index is 11.2. The number of hydrogen-bond donors (Lipinski definition) is 1. The Bertz CT molecular complexity index is 592. The monoisotopic (exact) mass is 286 g/mol. The van der Waals surface area contributed by atoms with Gasteiger partial charge in [0.2, 0.25) is 0 Å². The number of carbonyl (C=O) groups is 1. The predicted molar refractivity (Wildman–Crippen MR) is 85.0 cm³/mol. The van der Waals surface area contributed by atoms with Gasteiger partial charge in [-0.15, -0.1) is 0 Å². The molecule has 0 radical (unpaired) electrons. The highest BCUT2D eigenvalue weighted by atomic mass is 32.1. The molecule has 104 valence electrons. The van der Waals surface area contributed by atoms with Crippen LogP contribution in [0.25, 0.3) is 0 Å². The van der Waals surface area contributed by atoms with Gasteiger partial charge in [-0.2, -0.15) is 12.6 Å². The van der Waals surface area contributed by atoms with Gasteiger partial charge in [0.25, 0.3) is 0 Å². The number of Topliss-reactive ketones (excluding diaryl/α,β-unsaturated/α-hetero) is 1. The number of thiol groups is 1. The van der Waals surface area contributed by atoms with E-state index in [2.05, 4.69) is 12.6 Å². The molecular weight excluding hydrogens is 268 g/mol. The molecule has 0 spiro atoms. The number of benzene rings is 2. The van der Waals surface area contributed by atoms with E-state index in [1.165, 1.54) is 0 Å². The molecule has 0 saturated carbocycles. The molecular formula is C17H18O2S. The summed E-state index contributed by atoms with van der Waals surface area (Å²) in [5, 5.41) is 0. The lowest BCUT2D eigenvalue weighted by Gasteiger charge is -2.18. The largest absolute Gasteiger partial charge is 0.457 e. The number of hydrogen-bond acceptors (Lipinski definition) is 3. The average molecular weight is 286 g/mol. The van der Waals surface area contributed by atoms with Crippen molar-refractivity contribution in [2.75, 3.05) is 0 Å². The van der Waals surface area contributed by atoms with Gasteiger partial charge >= 0.3 is 0 Å². The van der Waals surface area contributed by atoms with E-state index in [1.807, 2.05) is 38.1 Å². The van der Waals surface area contributed by atoms with Crippen molar-refractivity contribution in [3.05, 3.63) is 59.7 Å². The van der Waals surface area contributed by atoms with Gasteiger partial charge in [-0.3, -0.25) is 4.79 Å². The molecule has 2 rings (SSSR count). The number of ketones is 1. The molecule has 0 saturated heterocycles. The average Bonchev–Trinajstić information content (AvgIpc) is 2.39. The van der Waals surface area contributed by atoms with Gasteiger partial charge in [0.1, 0.15) is 11.5 Å². The minimum atomic E-state index is -0.165. The van der Waals surface area contributed by atoms with E-state index in [4.69, 9.17) is 4.74 Å². The number of ether oxygens (including phenoxy) is 1. The lowest BCUT2D eigenvalue weighted by Crippen LogP contribution is -2.06. The van der Waals surface area contributed by atoms with Crippen molar-refractivity contribution in [3.63, 3.8) is 0 Å². The van der Waals surface area contributed by atoms with Crippen LogP contribution in [0, 0.1) is 0 Å². The molecule has 0 aliphatic heterocycles. The molecule has 0 aliphatic rings. The molecule has 2 aromatic rings. The highest BCUT2D eigenvalue weighted by Crippen LogP contribution is 2.29. The van der Waals surface area contributed by atoms with Gasteiger partial charge in [-0.1, -0.05) is 12.1 Å². The summed E-state index contributed by atoms with van der Waals surface area (Å²) in [6, 6.07) is 15.0. The van der Waals surface area contributed by atoms with E-state index in [9.17, 15) is 4.79 Å². The summed E-state index contributed by atoms with van der Waals surface area (Å²) in [6.45, 7) is 5.65. The van der Waals surface area contributed by atoms with Crippen LogP contribution in [-0.2, 0) is 4.75 Å². The van der Waals surface area contributed by atoms with Gasteiger partial charge < -0.3 is 4.74 Å². The first kappa shape index (κ1) is 14.7. The highest BCUT2D eigenvalue weighted by molar-refractivity contribution is 7.81. The van der Waals surface area contributed by atoms with Crippen LogP contribution in [0.4, 0.5) is 0 Å². The van der Waals surface area contributed by atoms with E-state index in [0.717, 1.165) is 11.3 Å². The van der Waals surface area contributed by atoms with Gasteiger partial charge in [0.15, 0.2) is 5.78 Å². The first-order chi connectivity index (χ1) is 9.36. The van der Waals surface area contributed by atoms with Crippen LogP contribution in [0.3, 0.4) is 0 Å². The van der Waals surface area contributed by atoms with Gasteiger partial charge in [-0.05, 0) is 62.7 Å². The van der Waals surface area contributed by atoms with Gasteiger partial charge in [0, 0.05) is 10.3 Å². The Hall–Kier alpha value is -1.74. The van der Waals surface area contributed by atoms with Gasteiger partial charge in [0.05, 0.1) is 0 Å². The van der Waals surface area contributed by atoms with Crippen LogP contribution in [0.5, 0.6) is 11.5 Å². The maximum absolute atomic E-state index is 11.2. The van der Waals surface area contributed by atoms with Crippen LogP contribution in [0.1, 0.15) is 36.7 Å². The predicted octanol–water partition coefficient (Wildman–Crippen LogP) is 4.85. The zero-order chi connectivity index (χ0) is 14.8. The molecule has 0 atom stereocenters. The third-order valence-electron chi connectivity index (χ3n) is 3.06. The summed E-state index contributed by atoms with van der Waals surface area (Å²) in [6.07, 6.45) is 0. The lowest BCUT2D eigenvalue weighted by atomic mass is 10.0. The summed E-state index contributed by atoms with van der Waals surface area (Å²) >= 11 is 4.54. The summed E-state index contributed by atoms with van der Waals surface area (Å²) in [4.78, 5) is 11.2. The molecule has 0 amide bonds. The Kier molecular flexibility index (Phi) is 4.19. The van der Waals surface area contributed by atoms with E-state index >= 15 is 0 Å². The van der Waals surface area contributed by atoms with Crippen LogP contribution in [0.15, 0.2) is 48.5 Å². The molecule has 0 aliphatic carbocycles. The van der Waals surface area contributed by atoms with Crippen molar-refractivity contribution in [2.45, 2.75) is 25.5 Å². The van der Waals surface area contributed by atoms with Crippen LogP contribution in [0.2, 0.25) is 0 Å². The fourth-order valence-corrected chi connectivity index (χ4v) is 1.97. The van der Waals surface area contributed by atoms with E-state index in [1.54, 1.807) is 31.2 Å². The van der Waals surface area contributed by atoms with E-state index < -0.39 is 0 Å². The topological polar surface area (TPSA) is 26.3 Å². The zero-order valence-corrected chi connectivity index (χ0v) is 12.8. The zero-order valence-electron chi connectivity index (χ0n) is 11.9. The summed E-state index contributed by atoms with van der Waals surface area (Å²) in [5.74, 6) is 1.53. The van der Waals surface area contributed by atoms with Crippen LogP contribution < -0.4 is 4.74 Å². The second-order valence-corrected chi connectivity index (χ2v) is 6.38. The summed E-state index contributed by atoms with van der Waals surface area (Å²) in [5.41, 5.74) is 1.82. The molecule has 2 aromatic carbocycles. The fraction of sp³-hybridized carbons (Fsp3) is 0.235. The summed E-state index contributed by atoms with van der Waals surface area (Å²) in [7, 11) is 0. The van der Waals surface area contributed by atoms with Crippen LogP contribution in [-0.4, -0.2) is 5.78 Å². The molecule has 0 N–H and O–H groups in total. The van der Waals surface area contributed by atoms with E-state index in [-0.39, 0.29) is 10.5 Å². The number of carbonyl (C=O) groups excluding carboxylic acids is 1. The Morgan fingerprint density at radius 1 is 0.950 bits per heavy atom. The normalized spacial score (nSPS) is 11.2. The first-order valence-electron chi connectivity index (χ1n) is 6.48. The lowest BCUT2D eigenvalue weighted by molar-refractivity contribution is 0.101. The molecule has 2 nitrogen and oxygen atoms in total. The van der Waals surface area contributed by atoms with Crippen molar-refractivity contribution in [2.24, 2.45) is 0 Å². The minimum absolute atomic E-state index is 0.0527. The minimum Gasteiger partial charge on any atom is -0.457 e. The van der Waals surface area contributed by atoms with Crippen LogP contribution >= 0.6 is 12.6 Å². The third kappa shape index (κ3) is 3.64. The Labute approximate surface area is 125 Å². The number of rotatable bonds is 4. The molecule has 0 heterocycles. The van der Waals surface area contributed by atoms with Crippen molar-refractivity contribution in [1.29, 1.82) is 0 Å². The second-order valence-electron chi connectivity index (χ2n) is 5.27. The molecule has 3 heteroatoms. The standard InChI is InChI=1S/C17H18O2S/c1-12(18)13-4-8-15(9-5-13)19-16-10-6-14(7-11-16)17(2,3)20/h4-11,20H,1-3H3. The maximum Gasteiger partial charge on any atom is 0.159 e. The molecule has 20 heavy (non-hydrogen) atoms. The Morgan fingerprint density at radius 3 is 1.80 bits per heavy atom. The second kappa shape index (κ2) is 5.71. The molecule has 0 fully saturated rings. The van der Waals surface area contributed by atoms with Crippen molar-refractivity contribution in [1.82, 2.24) is 0 Å². The Balaban J connectivity index is 2.12. The van der Waals surface area contributed by atoms with Crippen molar-refractivity contribution in [3.8, 4) is 11.5 Å². The van der Waals surface area contributed by atoms with Crippen molar-refractivity contribution < 1.29 is 9.53 Å². The third-order valence-corrected chi connectivity index (χ3v) is 3.32. The SMILES string of the molecule is CC(=O)c1ccc(Oc2ccc(C(C)(C)S)cc2)cc1. The quantitative estimate of drug-likeness (QED) is 0.642. The highest BCUT2D eigenvalue weighted by Gasteiger charge is 2.14. The van der Waals surface area contributed by atoms with Gasteiger partial charge in [-0.25, -0.2) is 0 Å². The first-order valence-corrected chi connectivity index (χ1v) is 6.93. The Morgan fingerprint density at radius 2 is 1.40 bits per heavy atom. The fourth-order valence-electron chi connectivity index (χ4n) is 1.82. The smallest absolute Gasteiger partial charge is 0.159 e. The van der Waals surface area contributed by atoms with E-state index in [0.29, 0.717) is 11.3 Å². The molecule has 0 bridgehead atoms. The molecule has 0 aromatic heterocycles. The molecule has 0 unspecified atom stereocenters. The summed E-state index contributed by atoms with van der Waals surface area (Å²) < 4.78 is 5.58.